The molecule has 0 aromatic carbocycles. The Bertz CT molecular complexity index is 1890. The second kappa shape index (κ2) is 7.20. The van der Waals surface area contributed by atoms with E-state index in [1.165, 1.54) is 0 Å². The number of aryl methyl sites for hydroxylation is 1. The van der Waals surface area contributed by atoms with Crippen molar-refractivity contribution in [3.05, 3.63) is 26.7 Å². The third kappa shape index (κ3) is 3.15. The first-order valence-electron chi connectivity index (χ1n) is 20.8. The van der Waals surface area contributed by atoms with E-state index in [2.05, 4.69) is 9.97 Å². The number of hydrogen-bond acceptors (Lipinski definition) is 3. The van der Waals surface area contributed by atoms with Gasteiger partial charge in [-0.1, -0.05) is 27.5 Å². The number of rotatable bonds is 5. The zero-order valence-electron chi connectivity index (χ0n) is 39.6. The first-order valence-corrected chi connectivity index (χ1v) is 8.13. The molecule has 2 atom stereocenters. The second-order valence-corrected chi connectivity index (χ2v) is 6.31. The van der Waals surface area contributed by atoms with Gasteiger partial charge in [-0.25, -0.2) is 9.78 Å². The fourth-order valence-corrected chi connectivity index (χ4v) is 3.11. The summed E-state index contributed by atoms with van der Waals surface area (Å²) in [4.78, 5) is 33.6. The molecule has 2 unspecified atom stereocenters. The third-order valence-corrected chi connectivity index (χ3v) is 4.33. The summed E-state index contributed by atoms with van der Waals surface area (Å²) in [6.45, 7) is -12.7. The minimum atomic E-state index is -4.30. The number of H-pyrrole nitrogens is 1. The SMILES string of the molecule is [2H]C([2H])C1([2H])C([2H])([2H])C2([2H])C([2H])([2H])C(C)(c3nc4c([nH]3)c(=O)n(CC([2H])([2H])C([2H])([2H])[2H])c(=O)n4CC([2H])([2H])C([2H])([2H])[2H])C([2H])([2H])C([2H])(C1([2H])[2H])C2([2H])[2H]. The van der Waals surface area contributed by atoms with Gasteiger partial charge in [0.15, 0.2) is 5.65 Å². The van der Waals surface area contributed by atoms with Crippen molar-refractivity contribution in [3.8, 4) is 0 Å². The molecule has 4 rings (SSSR count). The Morgan fingerprint density at radius 3 is 2.54 bits per heavy atom. The molecule has 6 nitrogen and oxygen atoms in total. The monoisotopic (exact) mass is 411 g/mol. The summed E-state index contributed by atoms with van der Waals surface area (Å²) in [6, 6.07) is 0. The quantitative estimate of drug-likeness (QED) is 0.813. The Labute approximate surface area is 201 Å². The van der Waals surface area contributed by atoms with Crippen LogP contribution in [0.3, 0.4) is 0 Å². The normalized spacial score (nSPS) is 62.1. The summed E-state index contributed by atoms with van der Waals surface area (Å²) in [7, 11) is 0. The number of fused-ring (bicyclic) bond motifs is 3. The number of hydrogen-bond donors (Lipinski definition) is 1. The van der Waals surface area contributed by atoms with Gasteiger partial charge in [-0.3, -0.25) is 13.9 Å². The number of aromatic amines is 1. The van der Waals surface area contributed by atoms with Crippen molar-refractivity contribution >= 4 is 11.2 Å². The van der Waals surface area contributed by atoms with Crippen molar-refractivity contribution in [1.82, 2.24) is 19.1 Å². The average molecular weight is 412 g/mol. The molecule has 0 spiro atoms. The minimum absolute atomic E-state index is 0.0849. The Morgan fingerprint density at radius 2 is 1.89 bits per heavy atom. The van der Waals surface area contributed by atoms with Crippen LogP contribution in [-0.4, -0.2) is 19.1 Å². The predicted molar refractivity (Wildman–Crippen MR) is 112 cm³/mol. The predicted octanol–water partition coefficient (Wildman–Crippen LogP) is 3.81. The van der Waals surface area contributed by atoms with E-state index in [1.54, 1.807) is 0 Å². The Balaban J connectivity index is 2.26. The first-order chi connectivity index (χ1) is 23.0. The van der Waals surface area contributed by atoms with Gasteiger partial charge in [0.25, 0.3) is 5.56 Å². The molecule has 2 saturated carbocycles. The highest BCUT2D eigenvalue weighted by Crippen LogP contribution is 2.50. The lowest BCUT2D eigenvalue weighted by Crippen LogP contribution is -2.40. The molecule has 1 N–H and O–H groups in total. The van der Waals surface area contributed by atoms with Gasteiger partial charge >= 0.3 is 5.69 Å². The van der Waals surface area contributed by atoms with Gasteiger partial charge in [-0.2, -0.15) is 0 Å². The maximum Gasteiger partial charge on any atom is 0.332 e. The lowest BCUT2D eigenvalue weighted by Gasteiger charge is -2.46. The molecule has 2 aromatic rings. The van der Waals surface area contributed by atoms with Gasteiger partial charge in [-0.05, 0) is 62.3 Å². The van der Waals surface area contributed by atoms with E-state index in [1.807, 2.05) is 0 Å². The van der Waals surface area contributed by atoms with Crippen molar-refractivity contribution in [2.45, 2.75) is 90.6 Å². The summed E-state index contributed by atoms with van der Waals surface area (Å²) in [5.41, 5.74) is -9.17. The molecule has 2 aliphatic carbocycles. The highest BCUT2D eigenvalue weighted by Gasteiger charge is 2.43. The molecular formula is C22H34N4O2. The van der Waals surface area contributed by atoms with Crippen LogP contribution in [0, 0.1) is 17.7 Å². The van der Waals surface area contributed by atoms with Crippen LogP contribution >= 0.6 is 0 Å². The zero-order valence-corrected chi connectivity index (χ0v) is 14.6. The van der Waals surface area contributed by atoms with Crippen LogP contribution in [0.15, 0.2) is 9.59 Å². The highest BCUT2D eigenvalue weighted by molar-refractivity contribution is 5.70. The Kier molecular flexibility index (Phi) is 1.45. The van der Waals surface area contributed by atoms with Gasteiger partial charge in [0.2, 0.25) is 0 Å². The van der Waals surface area contributed by atoms with E-state index >= 15 is 0 Å². The minimum Gasteiger partial charge on any atom is -0.336 e. The summed E-state index contributed by atoms with van der Waals surface area (Å²) in [6.07, 6.45) is -27.9. The number of nitrogens with zero attached hydrogens (tertiary/aromatic N) is 3. The molecule has 6 heteroatoms. The first kappa shape index (κ1) is 5.64. The van der Waals surface area contributed by atoms with Crippen LogP contribution in [0.5, 0.6) is 0 Å². The van der Waals surface area contributed by atoms with Gasteiger partial charge in [0.05, 0.1) is 0 Å². The Hall–Kier alpha value is -1.85. The molecule has 0 radical (unpaired) electrons. The fourth-order valence-electron chi connectivity index (χ4n) is 3.11. The van der Waals surface area contributed by atoms with Crippen LogP contribution in [0.2, 0.25) is 0 Å². The molecule has 28 heavy (non-hydrogen) atoms. The maximum atomic E-state index is 13.8. The largest absolute Gasteiger partial charge is 0.336 e. The summed E-state index contributed by atoms with van der Waals surface area (Å²) in [5, 5.41) is 0. The van der Waals surface area contributed by atoms with Gasteiger partial charge in [0, 0.05) is 52.8 Å². The lowest BCUT2D eigenvalue weighted by molar-refractivity contribution is 0.0863. The van der Waals surface area contributed by atoms with Crippen LogP contribution < -0.4 is 11.2 Å². The summed E-state index contributed by atoms with van der Waals surface area (Å²) >= 11 is 0. The fraction of sp³-hybridized carbons (Fsp3) is 0.773. The number of imidazole rings is 1. The highest BCUT2D eigenvalue weighted by atomic mass is 16.2. The molecule has 154 valence electrons. The Morgan fingerprint density at radius 1 is 1.21 bits per heavy atom. The molecule has 2 bridgehead atoms. The van der Waals surface area contributed by atoms with Crippen molar-refractivity contribution in [2.75, 3.05) is 0 Å². The third-order valence-electron chi connectivity index (χ3n) is 4.33. The van der Waals surface area contributed by atoms with E-state index in [-0.39, 0.29) is 9.13 Å². The second-order valence-electron chi connectivity index (χ2n) is 6.31. The van der Waals surface area contributed by atoms with E-state index in [4.69, 9.17) is 31.5 Å². The van der Waals surface area contributed by atoms with Crippen molar-refractivity contribution in [3.63, 3.8) is 0 Å². The molecule has 0 saturated heterocycles. The maximum absolute atomic E-state index is 13.8. The van der Waals surface area contributed by atoms with E-state index in [0.717, 1.165) is 0 Å². The van der Waals surface area contributed by atoms with E-state index in [0.29, 0.717) is 6.92 Å². The van der Waals surface area contributed by atoms with Crippen molar-refractivity contribution in [1.29, 1.82) is 0 Å². The molecule has 2 aliphatic rings. The molecule has 2 fully saturated rings. The topological polar surface area (TPSA) is 72.7 Å². The number of nitrogens with one attached hydrogen (secondary N) is 1. The molecule has 0 aliphatic heterocycles. The van der Waals surface area contributed by atoms with Gasteiger partial charge in [0.1, 0.15) is 11.3 Å². The van der Waals surface area contributed by atoms with Crippen LogP contribution in [0.4, 0.5) is 0 Å². The van der Waals surface area contributed by atoms with Crippen LogP contribution in [0.25, 0.3) is 11.2 Å². The average Bonchev–Trinajstić information content (AvgIpc) is 3.42. The standard InChI is InChI=1S/C22H34N4O2/c1-5-7-25-18-17(19(27)26(8-6-2)21(25)28)23-20(24-18)22(4)12-15-9-14(3)10-16(11-15)13-22/h14-16H,5-13H2,1-4H3,(H,23,24)/i1D3,2D3,3D2,5D2,6D2,9D2,10D2,11D2,12D2,13D2,14D,15D,16D. The van der Waals surface area contributed by atoms with Gasteiger partial charge < -0.3 is 4.98 Å². The summed E-state index contributed by atoms with van der Waals surface area (Å²) in [5.74, 6) is -13.9. The molecule has 2 heterocycles. The van der Waals surface area contributed by atoms with Crippen LogP contribution in [-0.2, 0) is 18.5 Å². The van der Waals surface area contributed by atoms with Crippen molar-refractivity contribution < 1.29 is 34.3 Å². The number of aromatic nitrogens is 4. The van der Waals surface area contributed by atoms with E-state index in [9.17, 15) is 12.3 Å². The summed E-state index contributed by atoms with van der Waals surface area (Å²) < 4.78 is 210. The van der Waals surface area contributed by atoms with E-state index < -0.39 is 130 Å². The van der Waals surface area contributed by atoms with Crippen molar-refractivity contribution in [2.24, 2.45) is 17.7 Å². The molecule has 2 aromatic heterocycles. The van der Waals surface area contributed by atoms with Crippen LogP contribution in [0.1, 0.15) is 112 Å². The zero-order chi connectivity index (χ0) is 41.9. The lowest BCUT2D eigenvalue weighted by atomic mass is 9.59. The smallest absolute Gasteiger partial charge is 0.332 e. The van der Waals surface area contributed by atoms with Gasteiger partial charge in [-0.15, -0.1) is 0 Å². The molecule has 0 amide bonds. The molecular weight excluding hydrogens is 352 g/mol.